The first-order valence-corrected chi connectivity index (χ1v) is 15.3. The highest BCUT2D eigenvalue weighted by molar-refractivity contribution is 5.85. The van der Waals surface area contributed by atoms with Crippen LogP contribution in [0.2, 0.25) is 0 Å². The highest BCUT2D eigenvalue weighted by atomic mass is 16.5. The van der Waals surface area contributed by atoms with Gasteiger partial charge >= 0.3 is 11.9 Å². The lowest BCUT2D eigenvalue weighted by atomic mass is 9.39. The molecule has 3 rings (SSSR count). The van der Waals surface area contributed by atoms with E-state index >= 15 is 0 Å². The first-order chi connectivity index (χ1) is 18.1. The van der Waals surface area contributed by atoms with Crippen molar-refractivity contribution in [3.63, 3.8) is 0 Å². The van der Waals surface area contributed by atoms with Gasteiger partial charge in [0.25, 0.3) is 0 Å². The number of hydrogen-bond donors (Lipinski definition) is 3. The minimum absolute atomic E-state index is 0.209. The smallest absolute Gasteiger partial charge is 0.331 e. The minimum atomic E-state index is -1.43. The number of hydrogen-bond acceptors (Lipinski definition) is 7. The summed E-state index contributed by atoms with van der Waals surface area (Å²) >= 11 is 0. The molecule has 1 aliphatic heterocycles. The summed E-state index contributed by atoms with van der Waals surface area (Å²) in [5, 5.41) is 36.9. The summed E-state index contributed by atoms with van der Waals surface area (Å²) < 4.78 is 11.0. The molecule has 0 spiro atoms. The number of ether oxygens (including phenoxy) is 2. The van der Waals surface area contributed by atoms with Gasteiger partial charge in [0, 0.05) is 18.9 Å². The van der Waals surface area contributed by atoms with Crippen molar-refractivity contribution in [3.8, 4) is 0 Å². The van der Waals surface area contributed by atoms with Gasteiger partial charge in [0.2, 0.25) is 0 Å². The lowest BCUT2D eigenvalue weighted by molar-refractivity contribution is -0.318. The fraction of sp³-hybridized carbons (Fsp3) is 0.875. The number of carbonyl (C=O) groups excluding carboxylic acids is 2. The topological polar surface area (TPSA) is 113 Å². The first kappa shape index (κ1) is 32.1. The van der Waals surface area contributed by atoms with Crippen LogP contribution in [0.4, 0.5) is 0 Å². The molecule has 2 saturated carbocycles. The van der Waals surface area contributed by atoms with Crippen molar-refractivity contribution in [2.75, 3.05) is 6.61 Å². The Morgan fingerprint density at radius 1 is 1.18 bits per heavy atom. The normalized spacial score (nSPS) is 35.7. The van der Waals surface area contributed by atoms with E-state index in [1.54, 1.807) is 0 Å². The van der Waals surface area contributed by atoms with Gasteiger partial charge in [-0.2, -0.15) is 0 Å². The summed E-state index contributed by atoms with van der Waals surface area (Å²) in [7, 11) is 0. The van der Waals surface area contributed by atoms with E-state index in [2.05, 4.69) is 34.6 Å². The second-order valence-electron chi connectivity index (χ2n) is 14.1. The highest BCUT2D eigenvalue weighted by Crippen LogP contribution is 2.66. The summed E-state index contributed by atoms with van der Waals surface area (Å²) in [5.74, 6) is -0.468. The molecule has 2 fully saturated rings. The van der Waals surface area contributed by atoms with E-state index in [4.69, 9.17) is 9.47 Å². The Hall–Kier alpha value is -1.44. The molecule has 39 heavy (non-hydrogen) atoms. The predicted molar refractivity (Wildman–Crippen MR) is 151 cm³/mol. The second kappa shape index (κ2) is 12.6. The van der Waals surface area contributed by atoms with Crippen LogP contribution in [0.1, 0.15) is 113 Å². The van der Waals surface area contributed by atoms with Gasteiger partial charge in [-0.1, -0.05) is 60.8 Å². The quantitative estimate of drug-likeness (QED) is 0.281. The van der Waals surface area contributed by atoms with Crippen LogP contribution < -0.4 is 0 Å². The van der Waals surface area contributed by atoms with Crippen LogP contribution in [-0.2, 0) is 19.1 Å². The van der Waals surface area contributed by atoms with Crippen molar-refractivity contribution in [3.05, 3.63) is 11.6 Å². The molecule has 0 amide bonds. The van der Waals surface area contributed by atoms with Crippen molar-refractivity contribution in [2.24, 2.45) is 34.5 Å². The first-order valence-electron chi connectivity index (χ1n) is 15.3. The maximum Gasteiger partial charge on any atom is 0.331 e. The lowest BCUT2D eigenvalue weighted by Crippen LogP contribution is -2.76. The predicted octanol–water partition coefficient (Wildman–Crippen LogP) is 5.34. The molecule has 2 aliphatic carbocycles. The van der Waals surface area contributed by atoms with Gasteiger partial charge in [-0.25, -0.2) is 4.79 Å². The van der Waals surface area contributed by atoms with Gasteiger partial charge in [-0.15, -0.1) is 0 Å². The van der Waals surface area contributed by atoms with E-state index in [1.165, 1.54) is 19.4 Å². The molecule has 7 heteroatoms. The van der Waals surface area contributed by atoms with Crippen LogP contribution in [0.15, 0.2) is 11.6 Å². The van der Waals surface area contributed by atoms with Crippen molar-refractivity contribution < 1.29 is 34.4 Å². The van der Waals surface area contributed by atoms with Gasteiger partial charge < -0.3 is 24.8 Å². The number of aliphatic hydroxyl groups is 3. The minimum Gasteiger partial charge on any atom is -0.462 e. The Morgan fingerprint density at radius 3 is 2.46 bits per heavy atom. The Labute approximate surface area is 235 Å². The fourth-order valence-corrected chi connectivity index (χ4v) is 8.35. The molecular formula is C32H54O7. The van der Waals surface area contributed by atoms with Gasteiger partial charge in [-0.3, -0.25) is 4.79 Å². The summed E-state index contributed by atoms with van der Waals surface area (Å²) in [5.41, 5.74) is -2.29. The Bertz CT molecular complexity index is 895. The number of cyclic esters (lactones) is 1. The molecule has 3 aliphatic rings. The van der Waals surface area contributed by atoms with Gasteiger partial charge in [0.15, 0.2) is 0 Å². The third-order valence-electron chi connectivity index (χ3n) is 10.3. The summed E-state index contributed by atoms with van der Waals surface area (Å²) in [6.07, 6.45) is 6.00. The van der Waals surface area contributed by atoms with Crippen LogP contribution in [0.25, 0.3) is 0 Å². The molecule has 0 radical (unpaired) electrons. The maximum absolute atomic E-state index is 12.8. The van der Waals surface area contributed by atoms with E-state index in [-0.39, 0.29) is 36.3 Å². The Balaban J connectivity index is 2.01. The third kappa shape index (κ3) is 6.56. The molecule has 0 aromatic carbocycles. The number of esters is 2. The van der Waals surface area contributed by atoms with Crippen molar-refractivity contribution in [1.82, 2.24) is 0 Å². The molecule has 0 aromatic rings. The van der Waals surface area contributed by atoms with E-state index in [0.29, 0.717) is 43.9 Å². The molecular weight excluding hydrogens is 496 g/mol. The average Bonchev–Trinajstić information content (AvgIpc) is 3.25. The van der Waals surface area contributed by atoms with Crippen LogP contribution in [0, 0.1) is 34.5 Å². The molecule has 3 N–H and O–H groups in total. The van der Waals surface area contributed by atoms with E-state index in [9.17, 15) is 24.9 Å². The Morgan fingerprint density at radius 2 is 1.87 bits per heavy atom. The zero-order valence-electron chi connectivity index (χ0n) is 25.4. The van der Waals surface area contributed by atoms with Gasteiger partial charge in [-0.05, 0) is 73.7 Å². The maximum atomic E-state index is 12.8. The van der Waals surface area contributed by atoms with E-state index in [1.807, 2.05) is 6.92 Å². The third-order valence-corrected chi connectivity index (χ3v) is 10.3. The SMILES string of the molecule is CC(=O)O[C@@H]1C[C@@H](C)[C@](O)(CCC2=CC(=O)OC2)[C@@]2([C@@H](O)CC[C@@H](C)CCCC(C)C)[C@@H](O)CCC(C)(C)[C@H]12. The van der Waals surface area contributed by atoms with Crippen LogP contribution >= 0.6 is 0 Å². The average molecular weight is 551 g/mol. The van der Waals surface area contributed by atoms with Crippen molar-refractivity contribution >= 4 is 11.9 Å². The van der Waals surface area contributed by atoms with Crippen molar-refractivity contribution in [1.29, 1.82) is 0 Å². The standard InChI is InChI=1S/C32H54O7/c1-20(2)9-8-10-21(3)11-12-26(34)32-27(35)14-15-30(6,7)29(32)25(39-23(5)33)17-22(4)31(32,37)16-13-24-18-28(36)38-19-24/h18,20-22,25-27,29,34-35,37H,8-17,19H2,1-7H3/t21-,22+,25+,26-,27-,29-,31+,32-/m0/s1. The highest BCUT2D eigenvalue weighted by Gasteiger charge is 2.72. The largest absolute Gasteiger partial charge is 0.462 e. The summed E-state index contributed by atoms with van der Waals surface area (Å²) in [4.78, 5) is 24.0. The van der Waals surface area contributed by atoms with Crippen LogP contribution in [-0.4, -0.2) is 57.8 Å². The van der Waals surface area contributed by atoms with Gasteiger partial charge in [0.1, 0.15) is 12.7 Å². The fourth-order valence-electron chi connectivity index (χ4n) is 8.35. The second-order valence-corrected chi connectivity index (χ2v) is 14.1. The molecule has 224 valence electrons. The molecule has 0 saturated heterocycles. The summed E-state index contributed by atoms with van der Waals surface area (Å²) in [6, 6.07) is 0. The number of rotatable bonds is 12. The molecule has 1 heterocycles. The van der Waals surface area contributed by atoms with Crippen LogP contribution in [0.3, 0.4) is 0 Å². The zero-order valence-corrected chi connectivity index (χ0v) is 25.4. The molecule has 0 aromatic heterocycles. The molecule has 0 unspecified atom stereocenters. The van der Waals surface area contributed by atoms with E-state index < -0.39 is 35.2 Å². The molecule has 0 bridgehead atoms. The van der Waals surface area contributed by atoms with Gasteiger partial charge in [0.05, 0.1) is 23.2 Å². The summed E-state index contributed by atoms with van der Waals surface area (Å²) in [6.45, 7) is 14.4. The number of aliphatic hydroxyl groups excluding tert-OH is 2. The van der Waals surface area contributed by atoms with E-state index in [0.717, 1.165) is 24.8 Å². The zero-order chi connectivity index (χ0) is 29.2. The monoisotopic (exact) mass is 550 g/mol. The van der Waals surface area contributed by atoms with Crippen LogP contribution in [0.5, 0.6) is 0 Å². The Kier molecular flexibility index (Phi) is 10.4. The number of carbonyl (C=O) groups is 2. The molecule has 7 nitrogen and oxygen atoms in total. The lowest BCUT2D eigenvalue weighted by Gasteiger charge is -2.68. The van der Waals surface area contributed by atoms with Crippen molar-refractivity contribution in [2.45, 2.75) is 137 Å². The number of fused-ring (bicyclic) bond motifs is 1. The molecule has 8 atom stereocenters.